The Morgan fingerprint density at radius 3 is 2.62 bits per heavy atom. The SMILES string of the molecule is CCc1c(C(=O)O)nnn1C(C)C(=O)NC1CCCCC1. The average molecular weight is 294 g/mol. The number of hydrogen-bond acceptors (Lipinski definition) is 4. The van der Waals surface area contributed by atoms with Gasteiger partial charge in [0.2, 0.25) is 5.91 Å². The predicted octanol–water partition coefficient (Wildman–Crippen LogP) is 1.55. The summed E-state index contributed by atoms with van der Waals surface area (Å²) in [4.78, 5) is 23.4. The van der Waals surface area contributed by atoms with Crippen molar-refractivity contribution in [3.05, 3.63) is 11.4 Å². The maximum Gasteiger partial charge on any atom is 0.358 e. The summed E-state index contributed by atoms with van der Waals surface area (Å²) >= 11 is 0. The molecule has 1 fully saturated rings. The minimum atomic E-state index is -1.11. The number of nitrogens with one attached hydrogen (secondary N) is 1. The Hall–Kier alpha value is -1.92. The molecule has 2 N–H and O–H groups in total. The summed E-state index contributed by atoms with van der Waals surface area (Å²) < 4.78 is 1.42. The van der Waals surface area contributed by atoms with Crippen molar-refractivity contribution in [2.75, 3.05) is 0 Å². The molecule has 7 heteroatoms. The van der Waals surface area contributed by atoms with Crippen molar-refractivity contribution in [3.63, 3.8) is 0 Å². The Morgan fingerprint density at radius 1 is 1.38 bits per heavy atom. The van der Waals surface area contributed by atoms with E-state index in [2.05, 4.69) is 15.6 Å². The molecular formula is C14H22N4O3. The summed E-state index contributed by atoms with van der Waals surface area (Å²) in [5.41, 5.74) is 0.406. The van der Waals surface area contributed by atoms with Crippen LogP contribution in [0.15, 0.2) is 0 Å². The van der Waals surface area contributed by atoms with Gasteiger partial charge in [-0.15, -0.1) is 5.10 Å². The molecule has 1 atom stereocenters. The quantitative estimate of drug-likeness (QED) is 0.858. The standard InChI is InChI=1S/C14H22N4O3/c1-3-11-12(14(20)21)16-17-18(11)9(2)13(19)15-10-7-5-4-6-8-10/h9-10H,3-8H2,1-2H3,(H,15,19)(H,20,21). The molecule has 1 aromatic heterocycles. The number of nitrogens with zero attached hydrogens (tertiary/aromatic N) is 3. The molecular weight excluding hydrogens is 272 g/mol. The summed E-state index contributed by atoms with van der Waals surface area (Å²) in [6, 6.07) is -0.330. The number of rotatable bonds is 5. The van der Waals surface area contributed by atoms with E-state index < -0.39 is 12.0 Å². The Morgan fingerprint density at radius 2 is 2.05 bits per heavy atom. The van der Waals surface area contributed by atoms with Crippen LogP contribution in [-0.4, -0.2) is 38.0 Å². The zero-order valence-corrected chi connectivity index (χ0v) is 12.5. The Kier molecular flexibility index (Phi) is 4.93. The van der Waals surface area contributed by atoms with Gasteiger partial charge in [0.15, 0.2) is 5.69 Å². The smallest absolute Gasteiger partial charge is 0.358 e. The zero-order valence-electron chi connectivity index (χ0n) is 12.5. The van der Waals surface area contributed by atoms with Crippen LogP contribution in [0.25, 0.3) is 0 Å². The van der Waals surface area contributed by atoms with Gasteiger partial charge in [-0.25, -0.2) is 9.48 Å². The maximum absolute atomic E-state index is 12.3. The number of carboxylic acids is 1. The Balaban J connectivity index is 2.09. The van der Waals surface area contributed by atoms with E-state index in [0.29, 0.717) is 12.1 Å². The Bertz CT molecular complexity index is 520. The molecule has 0 spiro atoms. The van der Waals surface area contributed by atoms with Gasteiger partial charge in [-0.05, 0) is 26.2 Å². The van der Waals surface area contributed by atoms with E-state index in [4.69, 9.17) is 5.11 Å². The summed E-state index contributed by atoms with van der Waals surface area (Å²) in [5.74, 6) is -1.24. The molecule has 1 aromatic rings. The molecule has 7 nitrogen and oxygen atoms in total. The second-order valence-electron chi connectivity index (χ2n) is 5.51. The minimum Gasteiger partial charge on any atom is -0.476 e. The summed E-state index contributed by atoms with van der Waals surface area (Å²) in [6.45, 7) is 3.55. The molecule has 0 aliphatic heterocycles. The molecule has 1 unspecified atom stereocenters. The highest BCUT2D eigenvalue weighted by Crippen LogP contribution is 2.19. The first-order valence-electron chi connectivity index (χ1n) is 7.52. The number of carbonyl (C=O) groups is 2. The summed E-state index contributed by atoms with van der Waals surface area (Å²) in [6.07, 6.45) is 6.01. The third kappa shape index (κ3) is 3.40. The summed E-state index contributed by atoms with van der Waals surface area (Å²) in [7, 11) is 0. The fraction of sp³-hybridized carbons (Fsp3) is 0.714. The van der Waals surface area contributed by atoms with Gasteiger partial charge in [-0.3, -0.25) is 4.79 Å². The van der Waals surface area contributed by atoms with E-state index >= 15 is 0 Å². The Labute approximate surface area is 123 Å². The largest absolute Gasteiger partial charge is 0.476 e. The van der Waals surface area contributed by atoms with Gasteiger partial charge in [0.25, 0.3) is 0 Å². The number of amides is 1. The predicted molar refractivity (Wildman–Crippen MR) is 76.1 cm³/mol. The van der Waals surface area contributed by atoms with Crippen LogP contribution in [0.2, 0.25) is 0 Å². The molecule has 1 aliphatic rings. The zero-order chi connectivity index (χ0) is 15.4. The van der Waals surface area contributed by atoms with Crippen LogP contribution in [-0.2, 0) is 11.2 Å². The highest BCUT2D eigenvalue weighted by molar-refractivity contribution is 5.87. The van der Waals surface area contributed by atoms with Crippen molar-refractivity contribution in [3.8, 4) is 0 Å². The maximum atomic E-state index is 12.3. The fourth-order valence-corrected chi connectivity index (χ4v) is 2.80. The molecule has 2 rings (SSSR count). The molecule has 0 saturated heterocycles. The highest BCUT2D eigenvalue weighted by atomic mass is 16.4. The van der Waals surface area contributed by atoms with Crippen molar-refractivity contribution in [2.45, 2.75) is 64.5 Å². The van der Waals surface area contributed by atoms with Gasteiger partial charge in [-0.1, -0.05) is 31.4 Å². The van der Waals surface area contributed by atoms with Crippen molar-refractivity contribution < 1.29 is 14.7 Å². The van der Waals surface area contributed by atoms with Crippen LogP contribution in [0.3, 0.4) is 0 Å². The number of hydrogen-bond donors (Lipinski definition) is 2. The lowest BCUT2D eigenvalue weighted by Gasteiger charge is -2.24. The second-order valence-corrected chi connectivity index (χ2v) is 5.51. The lowest BCUT2D eigenvalue weighted by molar-refractivity contribution is -0.125. The third-order valence-electron chi connectivity index (χ3n) is 4.03. The number of aromatic carboxylic acids is 1. The first kappa shape index (κ1) is 15.5. The van der Waals surface area contributed by atoms with Gasteiger partial charge in [0, 0.05) is 6.04 Å². The van der Waals surface area contributed by atoms with Crippen molar-refractivity contribution in [1.82, 2.24) is 20.3 Å². The molecule has 0 bridgehead atoms. The lowest BCUT2D eigenvalue weighted by Crippen LogP contribution is -2.40. The van der Waals surface area contributed by atoms with Gasteiger partial charge < -0.3 is 10.4 Å². The molecule has 1 amide bonds. The van der Waals surface area contributed by atoms with E-state index in [1.54, 1.807) is 6.92 Å². The van der Waals surface area contributed by atoms with Crippen LogP contribution >= 0.6 is 0 Å². The van der Waals surface area contributed by atoms with Gasteiger partial charge >= 0.3 is 5.97 Å². The number of carboxylic acid groups (broad SMARTS) is 1. The van der Waals surface area contributed by atoms with Crippen LogP contribution in [0.1, 0.15) is 68.2 Å². The van der Waals surface area contributed by atoms with Gasteiger partial charge in [0.05, 0.1) is 5.69 Å². The molecule has 0 aromatic carbocycles. The molecule has 116 valence electrons. The first-order chi connectivity index (χ1) is 10.0. The van der Waals surface area contributed by atoms with Crippen LogP contribution in [0, 0.1) is 0 Å². The molecule has 1 heterocycles. The number of aromatic nitrogens is 3. The second kappa shape index (κ2) is 6.69. The van der Waals surface area contributed by atoms with Crippen molar-refractivity contribution >= 4 is 11.9 Å². The molecule has 21 heavy (non-hydrogen) atoms. The van der Waals surface area contributed by atoms with Crippen LogP contribution < -0.4 is 5.32 Å². The van der Waals surface area contributed by atoms with E-state index in [1.165, 1.54) is 11.1 Å². The van der Waals surface area contributed by atoms with E-state index in [1.807, 2.05) is 6.92 Å². The molecule has 1 aliphatic carbocycles. The molecule has 0 radical (unpaired) electrons. The monoisotopic (exact) mass is 294 g/mol. The molecule has 1 saturated carbocycles. The third-order valence-corrected chi connectivity index (χ3v) is 4.03. The van der Waals surface area contributed by atoms with Gasteiger partial charge in [-0.2, -0.15) is 0 Å². The highest BCUT2D eigenvalue weighted by Gasteiger charge is 2.26. The lowest BCUT2D eigenvalue weighted by atomic mass is 9.95. The first-order valence-corrected chi connectivity index (χ1v) is 7.52. The average Bonchev–Trinajstić information content (AvgIpc) is 2.91. The fourth-order valence-electron chi connectivity index (χ4n) is 2.80. The summed E-state index contributed by atoms with van der Waals surface area (Å²) in [5, 5.41) is 19.6. The minimum absolute atomic E-state index is 0.0742. The van der Waals surface area contributed by atoms with Crippen molar-refractivity contribution in [2.24, 2.45) is 0 Å². The van der Waals surface area contributed by atoms with E-state index in [-0.39, 0.29) is 17.6 Å². The topological polar surface area (TPSA) is 97.1 Å². The van der Waals surface area contributed by atoms with E-state index in [0.717, 1.165) is 25.7 Å². The van der Waals surface area contributed by atoms with Crippen molar-refractivity contribution in [1.29, 1.82) is 0 Å². The number of carbonyl (C=O) groups excluding carboxylic acids is 1. The van der Waals surface area contributed by atoms with E-state index in [9.17, 15) is 9.59 Å². The van der Waals surface area contributed by atoms with Gasteiger partial charge in [0.1, 0.15) is 6.04 Å². The van der Waals surface area contributed by atoms with Crippen LogP contribution in [0.4, 0.5) is 0 Å². The normalized spacial score (nSPS) is 17.4. The van der Waals surface area contributed by atoms with Crippen LogP contribution in [0.5, 0.6) is 0 Å².